The van der Waals surface area contributed by atoms with Gasteiger partial charge in [-0.15, -0.1) is 0 Å². The van der Waals surface area contributed by atoms with Crippen LogP contribution in [0.15, 0.2) is 48.5 Å². The van der Waals surface area contributed by atoms with Crippen molar-refractivity contribution in [3.8, 4) is 0 Å². The molecule has 1 unspecified atom stereocenters. The van der Waals surface area contributed by atoms with Gasteiger partial charge in [-0.3, -0.25) is 9.69 Å². The first kappa shape index (κ1) is 17.6. The zero-order valence-corrected chi connectivity index (χ0v) is 14.9. The summed E-state index contributed by atoms with van der Waals surface area (Å²) in [7, 11) is 0. The van der Waals surface area contributed by atoms with Gasteiger partial charge in [-0.1, -0.05) is 54.1 Å². The average Bonchev–Trinajstić information content (AvgIpc) is 3.14. The van der Waals surface area contributed by atoms with Crippen LogP contribution in [-0.4, -0.2) is 23.9 Å². The van der Waals surface area contributed by atoms with Crippen LogP contribution in [0.5, 0.6) is 0 Å². The summed E-state index contributed by atoms with van der Waals surface area (Å²) >= 11 is 0. The van der Waals surface area contributed by atoms with Crippen LogP contribution in [0.3, 0.4) is 0 Å². The number of hydrogen-bond donors (Lipinski definition) is 2. The van der Waals surface area contributed by atoms with Crippen molar-refractivity contribution in [2.75, 3.05) is 13.1 Å². The molecule has 1 aliphatic rings. The number of carbonyl (C=O) groups is 1. The maximum Gasteiger partial charge on any atom is 0.241 e. The third kappa shape index (κ3) is 4.68. The molecule has 0 saturated carbocycles. The molecule has 3 rings (SSSR count). The third-order valence-corrected chi connectivity index (χ3v) is 4.88. The molecular weight excluding hydrogens is 310 g/mol. The Balaban J connectivity index is 1.60. The predicted molar refractivity (Wildman–Crippen MR) is 101 cm³/mol. The molecule has 1 heterocycles. The largest absolute Gasteiger partial charge is 0.350 e. The van der Waals surface area contributed by atoms with Crippen LogP contribution < -0.4 is 11.1 Å². The van der Waals surface area contributed by atoms with E-state index < -0.39 is 6.04 Å². The van der Waals surface area contributed by atoms with E-state index >= 15 is 0 Å². The van der Waals surface area contributed by atoms with E-state index in [0.717, 1.165) is 17.7 Å². The van der Waals surface area contributed by atoms with Gasteiger partial charge in [0.25, 0.3) is 0 Å². The number of rotatable bonds is 6. The molecule has 1 fully saturated rings. The van der Waals surface area contributed by atoms with E-state index in [4.69, 9.17) is 5.73 Å². The van der Waals surface area contributed by atoms with Crippen LogP contribution in [0.2, 0.25) is 0 Å². The van der Waals surface area contributed by atoms with Gasteiger partial charge in [0.1, 0.15) is 6.04 Å². The number of benzene rings is 2. The number of carbonyl (C=O) groups excluding carboxylic acids is 1. The molecule has 0 spiro atoms. The lowest BCUT2D eigenvalue weighted by Gasteiger charge is -2.18. The van der Waals surface area contributed by atoms with Crippen LogP contribution >= 0.6 is 0 Å². The third-order valence-electron chi connectivity index (χ3n) is 4.88. The molecule has 0 aromatic heterocycles. The van der Waals surface area contributed by atoms with Gasteiger partial charge < -0.3 is 11.1 Å². The second-order valence-corrected chi connectivity index (χ2v) is 6.86. The lowest BCUT2D eigenvalue weighted by atomic mass is 10.0. The summed E-state index contributed by atoms with van der Waals surface area (Å²) in [5.74, 6) is -0.139. The minimum Gasteiger partial charge on any atom is -0.350 e. The lowest BCUT2D eigenvalue weighted by molar-refractivity contribution is -0.122. The quantitative estimate of drug-likeness (QED) is 0.852. The molecule has 4 heteroatoms. The molecule has 2 aromatic carbocycles. The normalized spacial score (nSPS) is 15.9. The molecule has 0 radical (unpaired) electrons. The molecule has 3 N–H and O–H groups in total. The Morgan fingerprint density at radius 2 is 1.72 bits per heavy atom. The van der Waals surface area contributed by atoms with Gasteiger partial charge in [0.15, 0.2) is 0 Å². The molecule has 1 aliphatic heterocycles. The second-order valence-electron chi connectivity index (χ2n) is 6.86. The first-order valence-electron chi connectivity index (χ1n) is 9.02. The number of nitrogens with two attached hydrogens (primary N) is 1. The maximum atomic E-state index is 12.4. The summed E-state index contributed by atoms with van der Waals surface area (Å²) in [5, 5.41) is 2.99. The standard InChI is InChI=1S/C21H27N3O/c1-16-8-10-17(11-9-16)20(22)21(25)23-14-18-6-2-3-7-19(18)15-24-12-4-5-13-24/h2-3,6-11,20H,4-5,12-15,22H2,1H3,(H,23,25). The van der Waals surface area contributed by atoms with Crippen molar-refractivity contribution >= 4 is 5.91 Å². The van der Waals surface area contributed by atoms with Gasteiger partial charge in [-0.05, 0) is 49.5 Å². The Kier molecular flexibility index (Phi) is 5.84. The molecule has 132 valence electrons. The van der Waals surface area contributed by atoms with E-state index in [1.807, 2.05) is 37.3 Å². The van der Waals surface area contributed by atoms with Crippen LogP contribution in [0.4, 0.5) is 0 Å². The molecule has 1 saturated heterocycles. The van der Waals surface area contributed by atoms with Gasteiger partial charge in [-0.2, -0.15) is 0 Å². The van der Waals surface area contributed by atoms with Crippen LogP contribution in [0.25, 0.3) is 0 Å². The predicted octanol–water partition coefficient (Wildman–Crippen LogP) is 2.91. The molecule has 2 aromatic rings. The number of nitrogens with zero attached hydrogens (tertiary/aromatic N) is 1. The van der Waals surface area contributed by atoms with Crippen molar-refractivity contribution < 1.29 is 4.79 Å². The van der Waals surface area contributed by atoms with E-state index in [2.05, 4.69) is 28.4 Å². The molecule has 4 nitrogen and oxygen atoms in total. The number of amides is 1. The minimum atomic E-state index is -0.633. The van der Waals surface area contributed by atoms with Crippen molar-refractivity contribution in [1.82, 2.24) is 10.2 Å². The molecule has 25 heavy (non-hydrogen) atoms. The number of aryl methyl sites for hydroxylation is 1. The van der Waals surface area contributed by atoms with E-state index in [9.17, 15) is 4.79 Å². The topological polar surface area (TPSA) is 58.4 Å². The highest BCUT2D eigenvalue weighted by Crippen LogP contribution is 2.17. The molecular formula is C21H27N3O. The highest BCUT2D eigenvalue weighted by atomic mass is 16.2. The number of hydrogen-bond acceptors (Lipinski definition) is 3. The SMILES string of the molecule is Cc1ccc(C(N)C(=O)NCc2ccccc2CN2CCCC2)cc1. The summed E-state index contributed by atoms with van der Waals surface area (Å²) in [6.45, 7) is 5.82. The Morgan fingerprint density at radius 1 is 1.08 bits per heavy atom. The minimum absolute atomic E-state index is 0.139. The lowest BCUT2D eigenvalue weighted by Crippen LogP contribution is -2.34. The Labute approximate surface area is 150 Å². The fourth-order valence-corrected chi connectivity index (χ4v) is 3.28. The van der Waals surface area contributed by atoms with Gasteiger partial charge in [0.2, 0.25) is 5.91 Å². The summed E-state index contributed by atoms with van der Waals surface area (Å²) in [6, 6.07) is 15.5. The van der Waals surface area contributed by atoms with E-state index in [-0.39, 0.29) is 5.91 Å². The van der Waals surface area contributed by atoms with E-state index in [0.29, 0.717) is 6.54 Å². The molecule has 0 aliphatic carbocycles. The van der Waals surface area contributed by atoms with Crippen molar-refractivity contribution in [2.24, 2.45) is 5.73 Å². The fraction of sp³-hybridized carbons (Fsp3) is 0.381. The monoisotopic (exact) mass is 337 g/mol. The second kappa shape index (κ2) is 8.28. The maximum absolute atomic E-state index is 12.4. The van der Waals surface area contributed by atoms with E-state index in [1.54, 1.807) is 0 Å². The average molecular weight is 337 g/mol. The molecule has 1 atom stereocenters. The Bertz CT molecular complexity index is 705. The Hall–Kier alpha value is -2.17. The highest BCUT2D eigenvalue weighted by molar-refractivity contribution is 5.82. The van der Waals surface area contributed by atoms with Gasteiger partial charge >= 0.3 is 0 Å². The van der Waals surface area contributed by atoms with Gasteiger partial charge in [-0.25, -0.2) is 0 Å². The zero-order chi connectivity index (χ0) is 17.6. The van der Waals surface area contributed by atoms with Crippen molar-refractivity contribution in [1.29, 1.82) is 0 Å². The summed E-state index contributed by atoms with van der Waals surface area (Å²) in [6.07, 6.45) is 2.56. The fourth-order valence-electron chi connectivity index (χ4n) is 3.28. The first-order valence-corrected chi connectivity index (χ1v) is 9.02. The van der Waals surface area contributed by atoms with Gasteiger partial charge in [0, 0.05) is 13.1 Å². The zero-order valence-electron chi connectivity index (χ0n) is 14.9. The summed E-state index contributed by atoms with van der Waals surface area (Å²) < 4.78 is 0. The van der Waals surface area contributed by atoms with Crippen LogP contribution in [0, 0.1) is 6.92 Å². The smallest absolute Gasteiger partial charge is 0.241 e. The highest BCUT2D eigenvalue weighted by Gasteiger charge is 2.17. The molecule has 1 amide bonds. The summed E-state index contributed by atoms with van der Waals surface area (Å²) in [5.41, 5.74) is 10.6. The molecule has 0 bridgehead atoms. The van der Waals surface area contributed by atoms with Crippen molar-refractivity contribution in [3.63, 3.8) is 0 Å². The summed E-state index contributed by atoms with van der Waals surface area (Å²) in [4.78, 5) is 14.9. The number of likely N-dealkylation sites (tertiary alicyclic amines) is 1. The van der Waals surface area contributed by atoms with Crippen LogP contribution in [-0.2, 0) is 17.9 Å². The van der Waals surface area contributed by atoms with Crippen molar-refractivity contribution in [3.05, 3.63) is 70.8 Å². The van der Waals surface area contributed by atoms with E-state index in [1.165, 1.54) is 37.1 Å². The first-order chi connectivity index (χ1) is 12.1. The Morgan fingerprint density at radius 3 is 2.40 bits per heavy atom. The van der Waals surface area contributed by atoms with Crippen molar-refractivity contribution in [2.45, 2.75) is 38.9 Å². The van der Waals surface area contributed by atoms with Gasteiger partial charge in [0.05, 0.1) is 0 Å². The number of nitrogens with one attached hydrogen (secondary N) is 1. The van der Waals surface area contributed by atoms with Crippen LogP contribution in [0.1, 0.15) is 41.1 Å².